The molecule has 5 heteroatoms. The van der Waals surface area contributed by atoms with Crippen LogP contribution in [-0.2, 0) is 0 Å². The summed E-state index contributed by atoms with van der Waals surface area (Å²) in [6.45, 7) is 18.1. The summed E-state index contributed by atoms with van der Waals surface area (Å²) in [5, 5.41) is 16.1. The molecule has 7 rings (SSSR count). The normalized spacial score (nSPS) is 14.0. The van der Waals surface area contributed by atoms with Gasteiger partial charge in [-0.3, -0.25) is 14.2 Å². The van der Waals surface area contributed by atoms with Gasteiger partial charge in [0, 0.05) is 6.04 Å². The van der Waals surface area contributed by atoms with Gasteiger partial charge in [0.05, 0.1) is 26.9 Å². The second-order valence-corrected chi connectivity index (χ2v) is 23.2. The van der Waals surface area contributed by atoms with Gasteiger partial charge in [0.1, 0.15) is 0 Å². The molecule has 7 aromatic rings. The number of rotatable bonds is 3. The maximum absolute atomic E-state index is 14.0. The molecule has 0 aliphatic rings. The summed E-state index contributed by atoms with van der Waals surface area (Å²) < 4.78 is 1.48. The Morgan fingerprint density at radius 3 is 1.31 bits per heavy atom. The average molecular weight is 506 g/mol. The first-order valence-electron chi connectivity index (χ1n) is 13.0. The molecule has 0 atom stereocenters. The van der Waals surface area contributed by atoms with Crippen LogP contribution in [0.4, 0.5) is 0 Å². The molecular weight excluding hydrogens is 475 g/mol. The molecule has 0 amide bonds. The second-order valence-electron chi connectivity index (χ2n) is 13.1. The Balaban J connectivity index is 1.97. The van der Waals surface area contributed by atoms with Crippen LogP contribution in [0.1, 0.15) is 19.9 Å². The zero-order valence-corrected chi connectivity index (χ0v) is 24.3. The summed E-state index contributed by atoms with van der Waals surface area (Å²) in [7, 11) is -3.53. The van der Waals surface area contributed by atoms with E-state index in [9.17, 15) is 9.59 Å². The zero-order chi connectivity index (χ0) is 25.6. The molecule has 0 aliphatic heterocycles. The Labute approximate surface area is 211 Å². The van der Waals surface area contributed by atoms with Crippen molar-refractivity contribution in [1.29, 1.82) is 0 Å². The molecule has 1 heterocycles. The highest BCUT2D eigenvalue weighted by molar-refractivity contribution is 6.91. The fourth-order valence-corrected chi connectivity index (χ4v) is 10.1. The van der Waals surface area contributed by atoms with Gasteiger partial charge in [0.25, 0.3) is 11.1 Å². The highest BCUT2D eigenvalue weighted by atomic mass is 28.3. The summed E-state index contributed by atoms with van der Waals surface area (Å²) in [5.74, 6) is 0. The number of nitrogens with zero attached hydrogens (tertiary/aromatic N) is 1. The van der Waals surface area contributed by atoms with Crippen LogP contribution in [0.3, 0.4) is 0 Å². The lowest BCUT2D eigenvalue weighted by molar-refractivity contribution is 0.574. The molecule has 0 N–H and O–H groups in total. The van der Waals surface area contributed by atoms with Crippen molar-refractivity contribution in [3.8, 4) is 0 Å². The van der Waals surface area contributed by atoms with E-state index in [2.05, 4.69) is 75.7 Å². The molecule has 0 saturated carbocycles. The van der Waals surface area contributed by atoms with E-state index in [1.54, 1.807) is 0 Å². The first-order valence-corrected chi connectivity index (χ1v) is 20.0. The summed E-state index contributed by atoms with van der Waals surface area (Å²) in [5.41, 5.74) is -0.267. The molecule has 3 nitrogen and oxygen atoms in total. The van der Waals surface area contributed by atoms with Crippen LogP contribution in [0.25, 0.3) is 64.6 Å². The zero-order valence-electron chi connectivity index (χ0n) is 22.3. The van der Waals surface area contributed by atoms with Crippen molar-refractivity contribution in [3.05, 3.63) is 57.1 Å². The third kappa shape index (κ3) is 2.43. The van der Waals surface area contributed by atoms with Crippen molar-refractivity contribution in [2.24, 2.45) is 0 Å². The molecule has 0 unspecified atom stereocenters. The first-order chi connectivity index (χ1) is 16.8. The van der Waals surface area contributed by atoms with Gasteiger partial charge >= 0.3 is 0 Å². The molecule has 0 saturated heterocycles. The summed E-state index contributed by atoms with van der Waals surface area (Å²) in [6.07, 6.45) is 0. The van der Waals surface area contributed by atoms with Crippen LogP contribution >= 0.6 is 0 Å². The van der Waals surface area contributed by atoms with Crippen LogP contribution in [0.5, 0.6) is 0 Å². The summed E-state index contributed by atoms with van der Waals surface area (Å²) >= 11 is 0. The Kier molecular flexibility index (Phi) is 3.97. The lowest BCUT2D eigenvalue weighted by Gasteiger charge is -2.21. The van der Waals surface area contributed by atoms with Crippen molar-refractivity contribution < 1.29 is 0 Å². The fourth-order valence-electron chi connectivity index (χ4n) is 6.91. The molecule has 0 spiro atoms. The van der Waals surface area contributed by atoms with E-state index < -0.39 is 16.1 Å². The SMILES string of the molecule is CC(C)n1c(=O)c2c3cc([Si](C)(C)C)c4ccc5ccc6c([Si](C)(C)C)cc(c2c1=O)c1c6c5c4c31. The minimum absolute atomic E-state index is 0.134. The van der Waals surface area contributed by atoms with Gasteiger partial charge in [0.2, 0.25) is 0 Å². The quantitative estimate of drug-likeness (QED) is 0.202. The topological polar surface area (TPSA) is 39.1 Å². The maximum Gasteiger partial charge on any atom is 0.262 e. The second kappa shape index (κ2) is 6.45. The van der Waals surface area contributed by atoms with Crippen LogP contribution in [0.15, 0.2) is 46.0 Å². The van der Waals surface area contributed by atoms with Gasteiger partial charge in [0.15, 0.2) is 0 Å². The standard InChI is InChI=1S/C31H31NO2Si2/c1-15(2)32-30(33)28-19-13-21(35(3,4)5)17-11-9-16-10-12-18-22(36(6,7)8)14-20(29(28)31(32)34)27-25(18)23(16)24(17)26(19)27/h9-15H,1-8H3. The predicted molar refractivity (Wildman–Crippen MR) is 163 cm³/mol. The van der Waals surface area contributed by atoms with Gasteiger partial charge in [-0.2, -0.15) is 0 Å². The van der Waals surface area contributed by atoms with Crippen molar-refractivity contribution in [1.82, 2.24) is 4.57 Å². The van der Waals surface area contributed by atoms with Crippen LogP contribution in [0.2, 0.25) is 39.3 Å². The molecular formula is C31H31NO2Si2. The largest absolute Gasteiger partial charge is 0.272 e. The number of aromatic nitrogens is 1. The fraction of sp³-hybridized carbons (Fsp3) is 0.290. The first kappa shape index (κ1) is 22.2. The highest BCUT2D eigenvalue weighted by Crippen LogP contribution is 2.49. The van der Waals surface area contributed by atoms with E-state index >= 15 is 0 Å². The maximum atomic E-state index is 14.0. The number of hydrogen-bond acceptors (Lipinski definition) is 2. The Hall–Kier alpha value is -3.03. The monoisotopic (exact) mass is 505 g/mol. The average Bonchev–Trinajstić information content (AvgIpc) is 3.27. The summed E-state index contributed by atoms with van der Waals surface area (Å²) in [6, 6.07) is 13.5. The smallest absolute Gasteiger partial charge is 0.262 e. The highest BCUT2D eigenvalue weighted by Gasteiger charge is 2.32. The van der Waals surface area contributed by atoms with E-state index in [-0.39, 0.29) is 17.2 Å². The molecule has 0 aliphatic carbocycles. The Morgan fingerprint density at radius 1 is 0.556 bits per heavy atom. The Bertz CT molecular complexity index is 1980. The molecule has 1 aromatic heterocycles. The van der Waals surface area contributed by atoms with E-state index in [0.717, 1.165) is 10.8 Å². The van der Waals surface area contributed by atoms with Crippen LogP contribution < -0.4 is 21.5 Å². The molecule has 180 valence electrons. The number of fused-ring (bicyclic) bond motifs is 3. The van der Waals surface area contributed by atoms with Crippen molar-refractivity contribution in [2.45, 2.75) is 59.2 Å². The van der Waals surface area contributed by atoms with E-state index in [0.29, 0.717) is 10.8 Å². The van der Waals surface area contributed by atoms with Crippen molar-refractivity contribution in [2.75, 3.05) is 0 Å². The lowest BCUT2D eigenvalue weighted by atomic mass is 9.95. The van der Waals surface area contributed by atoms with E-state index in [1.165, 1.54) is 58.0 Å². The van der Waals surface area contributed by atoms with Crippen molar-refractivity contribution in [3.63, 3.8) is 0 Å². The van der Waals surface area contributed by atoms with Gasteiger partial charge in [-0.05, 0) is 67.7 Å². The number of benzene rings is 5. The van der Waals surface area contributed by atoms with Gasteiger partial charge in [-0.15, -0.1) is 0 Å². The predicted octanol–water partition coefficient (Wildman–Crippen LogP) is 6.55. The van der Waals surface area contributed by atoms with E-state index in [1.807, 2.05) is 13.8 Å². The Morgan fingerprint density at radius 2 is 0.944 bits per heavy atom. The molecule has 0 radical (unpaired) electrons. The van der Waals surface area contributed by atoms with Crippen LogP contribution in [0, 0.1) is 0 Å². The third-order valence-corrected chi connectivity index (χ3v) is 12.5. The van der Waals surface area contributed by atoms with Gasteiger partial charge in [-0.25, -0.2) is 0 Å². The van der Waals surface area contributed by atoms with E-state index in [4.69, 9.17) is 0 Å². The molecule has 0 bridgehead atoms. The minimum atomic E-state index is -1.77. The third-order valence-electron chi connectivity index (χ3n) is 8.42. The number of hydrogen-bond donors (Lipinski definition) is 0. The van der Waals surface area contributed by atoms with Gasteiger partial charge in [-0.1, -0.05) is 86.1 Å². The molecule has 6 aromatic carbocycles. The summed E-state index contributed by atoms with van der Waals surface area (Å²) in [4.78, 5) is 27.9. The van der Waals surface area contributed by atoms with Gasteiger partial charge < -0.3 is 0 Å². The molecule has 0 fully saturated rings. The lowest BCUT2D eigenvalue weighted by Crippen LogP contribution is -2.38. The van der Waals surface area contributed by atoms with Crippen LogP contribution in [-0.4, -0.2) is 20.7 Å². The molecule has 36 heavy (non-hydrogen) atoms. The van der Waals surface area contributed by atoms with Crippen molar-refractivity contribution >= 4 is 91.2 Å². The minimum Gasteiger partial charge on any atom is -0.272 e.